The lowest BCUT2D eigenvalue weighted by atomic mass is 9.89. The summed E-state index contributed by atoms with van der Waals surface area (Å²) in [4.78, 5) is 22.0. The Labute approximate surface area is 119 Å². The summed E-state index contributed by atoms with van der Waals surface area (Å²) in [5.74, 6) is 1.29. The first-order chi connectivity index (χ1) is 8.44. The van der Waals surface area contributed by atoms with E-state index >= 15 is 0 Å². The first-order valence-electron chi connectivity index (χ1n) is 7.49. The fourth-order valence-electron chi connectivity index (χ4n) is 1.79. The quantitative estimate of drug-likeness (QED) is 0.733. The lowest BCUT2D eigenvalue weighted by molar-refractivity contribution is -0.122. The lowest BCUT2D eigenvalue weighted by Gasteiger charge is -2.16. The van der Waals surface area contributed by atoms with E-state index in [1.165, 1.54) is 0 Å². The van der Waals surface area contributed by atoms with Crippen molar-refractivity contribution >= 4 is 11.6 Å². The van der Waals surface area contributed by atoms with Crippen LogP contribution in [0.4, 0.5) is 0 Å². The number of carbonyl (C=O) groups is 2. The van der Waals surface area contributed by atoms with Gasteiger partial charge in [0.05, 0.1) is 0 Å². The van der Waals surface area contributed by atoms with Crippen LogP contribution in [-0.2, 0) is 9.59 Å². The molecule has 112 valence electrons. The Bertz CT molecular complexity index is 298. The zero-order chi connectivity index (χ0) is 15.3. The van der Waals surface area contributed by atoms with E-state index in [0.717, 1.165) is 19.3 Å². The first-order valence-corrected chi connectivity index (χ1v) is 7.49. The summed E-state index contributed by atoms with van der Waals surface area (Å²) in [6.45, 7) is 14.5. The molecule has 0 N–H and O–H groups in total. The third-order valence-corrected chi connectivity index (χ3v) is 2.86. The van der Waals surface area contributed by atoms with Crippen LogP contribution in [0.3, 0.4) is 0 Å². The molecule has 1 aliphatic rings. The molecular weight excluding hydrogens is 236 g/mol. The number of hydrogen-bond donors (Lipinski definition) is 0. The van der Waals surface area contributed by atoms with Crippen molar-refractivity contribution < 1.29 is 9.59 Å². The summed E-state index contributed by atoms with van der Waals surface area (Å²) in [5, 5.41) is 0. The summed E-state index contributed by atoms with van der Waals surface area (Å²) in [7, 11) is 0. The summed E-state index contributed by atoms with van der Waals surface area (Å²) in [6, 6.07) is 0. The highest BCUT2D eigenvalue weighted by Gasteiger charge is 2.31. The maximum Gasteiger partial charge on any atom is 0.136 e. The van der Waals surface area contributed by atoms with Crippen LogP contribution in [-0.4, -0.2) is 11.6 Å². The fraction of sp³-hybridized carbons (Fsp3) is 0.882. The molecule has 0 amide bonds. The van der Waals surface area contributed by atoms with Crippen LogP contribution < -0.4 is 0 Å². The van der Waals surface area contributed by atoms with Gasteiger partial charge in [-0.1, -0.05) is 48.5 Å². The van der Waals surface area contributed by atoms with Gasteiger partial charge in [-0.3, -0.25) is 9.59 Å². The number of rotatable bonds is 4. The highest BCUT2D eigenvalue weighted by atomic mass is 16.1. The molecule has 19 heavy (non-hydrogen) atoms. The Morgan fingerprint density at radius 3 is 1.53 bits per heavy atom. The van der Waals surface area contributed by atoms with Crippen molar-refractivity contribution in [2.75, 3.05) is 0 Å². The Hall–Kier alpha value is -0.660. The molecular formula is C17H32O2. The smallest absolute Gasteiger partial charge is 0.136 e. The van der Waals surface area contributed by atoms with Crippen molar-refractivity contribution in [1.82, 2.24) is 0 Å². The maximum atomic E-state index is 11.2. The predicted molar refractivity (Wildman–Crippen MR) is 81.2 cm³/mol. The van der Waals surface area contributed by atoms with Crippen molar-refractivity contribution in [2.24, 2.45) is 16.7 Å². The normalized spacial score (nSPS) is 15.5. The molecule has 1 fully saturated rings. The van der Waals surface area contributed by atoms with Gasteiger partial charge in [-0.05, 0) is 23.7 Å². The van der Waals surface area contributed by atoms with Gasteiger partial charge in [0.25, 0.3) is 0 Å². The van der Waals surface area contributed by atoms with E-state index in [1.807, 2.05) is 6.92 Å². The molecule has 0 bridgehead atoms. The van der Waals surface area contributed by atoms with E-state index in [1.54, 1.807) is 0 Å². The third-order valence-electron chi connectivity index (χ3n) is 2.86. The van der Waals surface area contributed by atoms with E-state index in [9.17, 15) is 9.59 Å². The Morgan fingerprint density at radius 2 is 1.32 bits per heavy atom. The number of Topliss-reactive ketones (excluding diaryl/α,β-unsaturated/α-hetero) is 2. The second-order valence-corrected chi connectivity index (χ2v) is 8.11. The van der Waals surface area contributed by atoms with Crippen LogP contribution in [0.15, 0.2) is 0 Å². The molecule has 2 nitrogen and oxygen atoms in total. The first kappa shape index (κ1) is 18.3. The summed E-state index contributed by atoms with van der Waals surface area (Å²) in [6.07, 6.45) is 4.45. The molecule has 0 aromatic rings. The number of carbonyl (C=O) groups excluding carboxylic acids is 2. The summed E-state index contributed by atoms with van der Waals surface area (Å²) < 4.78 is 0. The standard InChI is InChI=1S/C9H16O.C8H16O/c1-9(2,3)6-8(10)7-4-5-7;1-5-7(9)6-8(2,3)4/h7H,4-6H2,1-3H3;5-6H2,1-4H3. The minimum Gasteiger partial charge on any atom is -0.300 e. The molecule has 1 rings (SSSR count). The second-order valence-electron chi connectivity index (χ2n) is 8.11. The van der Waals surface area contributed by atoms with Gasteiger partial charge in [-0.2, -0.15) is 0 Å². The number of hydrogen-bond acceptors (Lipinski definition) is 2. The van der Waals surface area contributed by atoms with Gasteiger partial charge in [0.15, 0.2) is 0 Å². The van der Waals surface area contributed by atoms with Crippen molar-refractivity contribution in [3.8, 4) is 0 Å². The summed E-state index contributed by atoms with van der Waals surface area (Å²) >= 11 is 0. The molecule has 0 heterocycles. The van der Waals surface area contributed by atoms with Crippen molar-refractivity contribution in [3.63, 3.8) is 0 Å². The van der Waals surface area contributed by atoms with Gasteiger partial charge in [0.1, 0.15) is 11.6 Å². The van der Waals surface area contributed by atoms with Crippen LogP contribution in [0.5, 0.6) is 0 Å². The Morgan fingerprint density at radius 1 is 0.895 bits per heavy atom. The lowest BCUT2D eigenvalue weighted by Crippen LogP contribution is -2.13. The molecule has 1 aliphatic carbocycles. The van der Waals surface area contributed by atoms with E-state index in [0.29, 0.717) is 30.3 Å². The van der Waals surface area contributed by atoms with Crippen LogP contribution in [0.2, 0.25) is 0 Å². The van der Waals surface area contributed by atoms with Crippen molar-refractivity contribution in [2.45, 2.75) is 80.6 Å². The van der Waals surface area contributed by atoms with Crippen LogP contribution in [0.25, 0.3) is 0 Å². The van der Waals surface area contributed by atoms with Crippen molar-refractivity contribution in [3.05, 3.63) is 0 Å². The molecule has 0 aromatic carbocycles. The zero-order valence-electron chi connectivity index (χ0n) is 13.9. The molecule has 0 unspecified atom stereocenters. The van der Waals surface area contributed by atoms with Gasteiger partial charge in [0.2, 0.25) is 0 Å². The molecule has 0 saturated heterocycles. The minimum atomic E-state index is 0.174. The Kier molecular flexibility index (Phi) is 6.96. The van der Waals surface area contributed by atoms with Crippen LogP contribution >= 0.6 is 0 Å². The highest BCUT2D eigenvalue weighted by Crippen LogP contribution is 2.34. The van der Waals surface area contributed by atoms with Gasteiger partial charge in [-0.15, -0.1) is 0 Å². The monoisotopic (exact) mass is 268 g/mol. The average molecular weight is 268 g/mol. The second kappa shape index (κ2) is 7.21. The highest BCUT2D eigenvalue weighted by molar-refractivity contribution is 5.83. The third kappa shape index (κ3) is 12.1. The van der Waals surface area contributed by atoms with Crippen molar-refractivity contribution in [1.29, 1.82) is 0 Å². The molecule has 1 saturated carbocycles. The predicted octanol–water partition coefficient (Wildman–Crippen LogP) is 4.80. The molecule has 0 spiro atoms. The van der Waals surface area contributed by atoms with Gasteiger partial charge < -0.3 is 0 Å². The van der Waals surface area contributed by atoms with E-state index in [-0.39, 0.29) is 10.8 Å². The molecule has 0 radical (unpaired) electrons. The summed E-state index contributed by atoms with van der Waals surface area (Å²) in [5.41, 5.74) is 0.368. The number of ketones is 2. The average Bonchev–Trinajstić information content (AvgIpc) is 2.95. The molecule has 0 aliphatic heterocycles. The van der Waals surface area contributed by atoms with E-state index in [2.05, 4.69) is 41.5 Å². The van der Waals surface area contributed by atoms with Gasteiger partial charge in [0, 0.05) is 25.2 Å². The maximum absolute atomic E-state index is 11.2. The SMILES string of the molecule is CC(C)(C)CC(=O)C1CC1.CCC(=O)CC(C)(C)C. The molecule has 2 heteroatoms. The van der Waals surface area contributed by atoms with Crippen LogP contribution in [0, 0.1) is 16.7 Å². The fourth-order valence-corrected chi connectivity index (χ4v) is 1.79. The van der Waals surface area contributed by atoms with Gasteiger partial charge >= 0.3 is 0 Å². The van der Waals surface area contributed by atoms with E-state index in [4.69, 9.17) is 0 Å². The zero-order valence-corrected chi connectivity index (χ0v) is 13.9. The Balaban J connectivity index is 0.000000344. The minimum absolute atomic E-state index is 0.174. The van der Waals surface area contributed by atoms with E-state index < -0.39 is 0 Å². The van der Waals surface area contributed by atoms with Crippen LogP contribution in [0.1, 0.15) is 80.6 Å². The topological polar surface area (TPSA) is 34.1 Å². The van der Waals surface area contributed by atoms with Gasteiger partial charge in [-0.25, -0.2) is 0 Å². The molecule has 0 atom stereocenters. The largest absolute Gasteiger partial charge is 0.300 e. The molecule has 0 aromatic heterocycles.